The molecule has 0 aromatic heterocycles. The van der Waals surface area contributed by atoms with Gasteiger partial charge in [-0.2, -0.15) is 0 Å². The second-order valence-corrected chi connectivity index (χ2v) is 4.77. The molecule has 0 radical (unpaired) electrons. The maximum Gasteiger partial charge on any atom is 0.339 e. The number of aromatic carboxylic acids is 1. The van der Waals surface area contributed by atoms with Crippen LogP contribution in [0.25, 0.3) is 10.8 Å². The molecule has 3 nitrogen and oxygen atoms in total. The van der Waals surface area contributed by atoms with E-state index in [1.807, 2.05) is 32.1 Å². The van der Waals surface area contributed by atoms with E-state index in [1.165, 1.54) is 5.57 Å². The summed E-state index contributed by atoms with van der Waals surface area (Å²) >= 11 is 0. The number of fused-ring (bicyclic) bond motifs is 1. The van der Waals surface area contributed by atoms with Gasteiger partial charge in [0.15, 0.2) is 0 Å². The first-order valence-electron chi connectivity index (χ1n) is 6.11. The fraction of sp³-hybridized carbons (Fsp3) is 0.188. The molecule has 3 heteroatoms. The molecule has 2 rings (SSSR count). The summed E-state index contributed by atoms with van der Waals surface area (Å²) in [5.74, 6) is -1.27. The molecule has 0 heterocycles. The van der Waals surface area contributed by atoms with Crippen LogP contribution in [0.1, 0.15) is 29.8 Å². The normalized spacial score (nSPS) is 10.4. The first kappa shape index (κ1) is 13.1. The van der Waals surface area contributed by atoms with Gasteiger partial charge in [0, 0.05) is 5.39 Å². The van der Waals surface area contributed by atoms with E-state index in [0.29, 0.717) is 11.8 Å². The Hall–Kier alpha value is -2.29. The van der Waals surface area contributed by atoms with Crippen LogP contribution in [0.4, 0.5) is 0 Å². The Kier molecular flexibility index (Phi) is 3.56. The molecule has 2 N–H and O–H groups in total. The van der Waals surface area contributed by atoms with Crippen LogP contribution in [-0.4, -0.2) is 16.2 Å². The van der Waals surface area contributed by atoms with Gasteiger partial charge in [-0.25, -0.2) is 4.79 Å². The Morgan fingerprint density at radius 2 is 1.84 bits per heavy atom. The van der Waals surface area contributed by atoms with Crippen LogP contribution in [0.5, 0.6) is 5.75 Å². The summed E-state index contributed by atoms with van der Waals surface area (Å²) in [6.45, 7) is 4.00. The van der Waals surface area contributed by atoms with Crippen LogP contribution < -0.4 is 0 Å². The number of hydrogen-bond acceptors (Lipinski definition) is 2. The quantitative estimate of drug-likeness (QED) is 0.822. The Morgan fingerprint density at radius 1 is 1.21 bits per heavy atom. The number of carboxylic acid groups (broad SMARTS) is 1. The minimum Gasteiger partial charge on any atom is -0.506 e. The van der Waals surface area contributed by atoms with Crippen molar-refractivity contribution in [2.45, 2.75) is 20.3 Å². The number of allylic oxidation sites excluding steroid dienone is 2. The molecule has 0 saturated heterocycles. The number of aromatic hydroxyl groups is 1. The monoisotopic (exact) mass is 256 g/mol. The van der Waals surface area contributed by atoms with Gasteiger partial charge in [-0.1, -0.05) is 35.9 Å². The number of rotatable bonds is 3. The van der Waals surface area contributed by atoms with E-state index in [-0.39, 0.29) is 11.3 Å². The first-order chi connectivity index (χ1) is 9.00. The highest BCUT2D eigenvalue weighted by Crippen LogP contribution is 2.32. The summed E-state index contributed by atoms with van der Waals surface area (Å²) in [5.41, 5.74) is 2.04. The summed E-state index contributed by atoms with van der Waals surface area (Å²) in [6, 6.07) is 8.87. The minimum atomic E-state index is -1.11. The molecule has 0 saturated carbocycles. The fourth-order valence-electron chi connectivity index (χ4n) is 2.08. The molecule has 0 aliphatic carbocycles. The third kappa shape index (κ3) is 2.60. The van der Waals surface area contributed by atoms with Gasteiger partial charge in [0.2, 0.25) is 0 Å². The van der Waals surface area contributed by atoms with Crippen LogP contribution in [0, 0.1) is 0 Å². The molecular weight excluding hydrogens is 240 g/mol. The molecule has 0 atom stereocenters. The molecule has 0 bridgehead atoms. The second-order valence-electron chi connectivity index (χ2n) is 4.77. The Morgan fingerprint density at radius 3 is 2.42 bits per heavy atom. The number of phenols is 1. The molecule has 98 valence electrons. The topological polar surface area (TPSA) is 57.5 Å². The summed E-state index contributed by atoms with van der Waals surface area (Å²) < 4.78 is 0. The number of carboxylic acids is 1. The molecule has 0 aliphatic heterocycles. The molecular formula is C16H16O3. The van der Waals surface area contributed by atoms with Crippen LogP contribution in [0.2, 0.25) is 0 Å². The van der Waals surface area contributed by atoms with Crippen molar-refractivity contribution in [1.82, 2.24) is 0 Å². The zero-order valence-corrected chi connectivity index (χ0v) is 11.0. The van der Waals surface area contributed by atoms with E-state index >= 15 is 0 Å². The summed E-state index contributed by atoms with van der Waals surface area (Å²) in [4.78, 5) is 11.2. The van der Waals surface area contributed by atoms with Crippen LogP contribution in [-0.2, 0) is 6.42 Å². The molecule has 2 aromatic rings. The van der Waals surface area contributed by atoms with Gasteiger partial charge in [-0.05, 0) is 37.3 Å². The number of benzene rings is 2. The maximum absolute atomic E-state index is 11.2. The molecule has 0 spiro atoms. The van der Waals surface area contributed by atoms with Gasteiger partial charge >= 0.3 is 5.97 Å². The third-order valence-electron chi connectivity index (χ3n) is 3.06. The lowest BCUT2D eigenvalue weighted by atomic mass is 9.97. The molecule has 0 unspecified atom stereocenters. The van der Waals surface area contributed by atoms with E-state index in [9.17, 15) is 9.90 Å². The van der Waals surface area contributed by atoms with Crippen molar-refractivity contribution in [2.24, 2.45) is 0 Å². The Balaban J connectivity index is 2.71. The highest BCUT2D eigenvalue weighted by molar-refractivity contribution is 6.01. The zero-order valence-electron chi connectivity index (χ0n) is 11.0. The first-order valence-corrected chi connectivity index (χ1v) is 6.11. The maximum atomic E-state index is 11.2. The highest BCUT2D eigenvalue weighted by atomic mass is 16.4. The van der Waals surface area contributed by atoms with E-state index < -0.39 is 5.97 Å². The summed E-state index contributed by atoms with van der Waals surface area (Å²) in [5, 5.41) is 20.7. The Bertz CT molecular complexity index is 665. The van der Waals surface area contributed by atoms with E-state index in [0.717, 1.165) is 10.9 Å². The van der Waals surface area contributed by atoms with Crippen molar-refractivity contribution < 1.29 is 15.0 Å². The van der Waals surface area contributed by atoms with Crippen molar-refractivity contribution in [3.8, 4) is 5.75 Å². The van der Waals surface area contributed by atoms with Crippen molar-refractivity contribution in [3.63, 3.8) is 0 Å². The Labute approximate surface area is 111 Å². The van der Waals surface area contributed by atoms with E-state index in [2.05, 4.69) is 0 Å². The van der Waals surface area contributed by atoms with Crippen LogP contribution >= 0.6 is 0 Å². The molecule has 0 amide bonds. The van der Waals surface area contributed by atoms with Gasteiger partial charge in [-0.15, -0.1) is 0 Å². The predicted octanol–water partition coefficient (Wildman–Crippen LogP) is 3.75. The van der Waals surface area contributed by atoms with Crippen molar-refractivity contribution in [3.05, 3.63) is 53.1 Å². The zero-order chi connectivity index (χ0) is 14.0. The SMILES string of the molecule is CC(C)=CCc1cc(C(=O)O)c(O)c2ccccc12. The lowest BCUT2D eigenvalue weighted by molar-refractivity contribution is 0.0694. The second kappa shape index (κ2) is 5.14. The lowest BCUT2D eigenvalue weighted by Crippen LogP contribution is -1.99. The summed E-state index contributed by atoms with van der Waals surface area (Å²) in [6.07, 6.45) is 2.70. The number of hydrogen-bond donors (Lipinski definition) is 2. The summed E-state index contributed by atoms with van der Waals surface area (Å²) in [7, 11) is 0. The highest BCUT2D eigenvalue weighted by Gasteiger charge is 2.15. The van der Waals surface area contributed by atoms with Crippen molar-refractivity contribution in [2.75, 3.05) is 0 Å². The predicted molar refractivity (Wildman–Crippen MR) is 75.7 cm³/mol. The molecule has 0 fully saturated rings. The van der Waals surface area contributed by atoms with Gasteiger partial charge < -0.3 is 10.2 Å². The molecule has 19 heavy (non-hydrogen) atoms. The average molecular weight is 256 g/mol. The third-order valence-corrected chi connectivity index (χ3v) is 3.06. The van der Waals surface area contributed by atoms with Crippen molar-refractivity contribution >= 4 is 16.7 Å². The van der Waals surface area contributed by atoms with Gasteiger partial charge in [0.25, 0.3) is 0 Å². The van der Waals surface area contributed by atoms with Crippen molar-refractivity contribution in [1.29, 1.82) is 0 Å². The smallest absolute Gasteiger partial charge is 0.339 e. The number of carbonyl (C=O) groups is 1. The van der Waals surface area contributed by atoms with Gasteiger partial charge in [0.05, 0.1) is 0 Å². The van der Waals surface area contributed by atoms with E-state index in [1.54, 1.807) is 18.2 Å². The van der Waals surface area contributed by atoms with E-state index in [4.69, 9.17) is 5.11 Å². The fourth-order valence-corrected chi connectivity index (χ4v) is 2.08. The average Bonchev–Trinajstić information content (AvgIpc) is 2.37. The lowest BCUT2D eigenvalue weighted by Gasteiger charge is -2.10. The largest absolute Gasteiger partial charge is 0.506 e. The minimum absolute atomic E-state index is 0.0455. The van der Waals surface area contributed by atoms with Gasteiger partial charge in [-0.3, -0.25) is 0 Å². The van der Waals surface area contributed by atoms with Crippen LogP contribution in [0.3, 0.4) is 0 Å². The van der Waals surface area contributed by atoms with Crippen LogP contribution in [0.15, 0.2) is 42.0 Å². The standard InChI is InChI=1S/C16H16O3/c1-10(2)7-8-11-9-14(16(18)19)15(17)13-6-4-3-5-12(11)13/h3-7,9,17H,8H2,1-2H3,(H,18,19). The molecule has 2 aromatic carbocycles. The molecule has 0 aliphatic rings. The van der Waals surface area contributed by atoms with Gasteiger partial charge in [0.1, 0.15) is 11.3 Å².